The Kier molecular flexibility index (Phi) is 7.79. The van der Waals surface area contributed by atoms with Crippen molar-refractivity contribution in [3.8, 4) is 0 Å². The van der Waals surface area contributed by atoms with Crippen LogP contribution in [0.25, 0.3) is 0 Å². The summed E-state index contributed by atoms with van der Waals surface area (Å²) in [4.78, 5) is 24.7. The number of benzene rings is 1. The fourth-order valence-corrected chi connectivity index (χ4v) is 2.04. The average molecular weight is 313 g/mol. The van der Waals surface area contributed by atoms with E-state index in [-0.39, 0.29) is 25.0 Å². The highest BCUT2D eigenvalue weighted by molar-refractivity contribution is 6.30. The second kappa shape index (κ2) is 9.37. The number of hydrogen-bond donors (Lipinski definition) is 1. The van der Waals surface area contributed by atoms with Gasteiger partial charge in [-0.2, -0.15) is 0 Å². The van der Waals surface area contributed by atoms with Crippen LogP contribution in [0.2, 0.25) is 5.02 Å². The van der Waals surface area contributed by atoms with Crippen LogP contribution >= 0.6 is 11.6 Å². The number of amides is 1. The maximum Gasteiger partial charge on any atom is 0.319 e. The highest BCUT2D eigenvalue weighted by Crippen LogP contribution is 2.10. The van der Waals surface area contributed by atoms with Gasteiger partial charge >= 0.3 is 5.97 Å². The molecule has 0 heterocycles. The zero-order chi connectivity index (χ0) is 15.7. The number of rotatable bonds is 8. The molecular weight excluding hydrogens is 292 g/mol. The minimum absolute atomic E-state index is 0.109. The largest absolute Gasteiger partial charge is 0.468 e. The Balaban J connectivity index is 2.31. The number of nitrogens with zero attached hydrogens (tertiary/aromatic N) is 1. The van der Waals surface area contributed by atoms with E-state index < -0.39 is 0 Å². The van der Waals surface area contributed by atoms with Crippen molar-refractivity contribution in [2.45, 2.75) is 13.3 Å². The van der Waals surface area contributed by atoms with Gasteiger partial charge in [-0.15, -0.1) is 0 Å². The molecule has 0 aliphatic rings. The molecule has 6 heteroatoms. The van der Waals surface area contributed by atoms with Crippen LogP contribution in [-0.2, 0) is 20.7 Å². The Morgan fingerprint density at radius 1 is 1.33 bits per heavy atom. The lowest BCUT2D eigenvalue weighted by atomic mass is 10.1. The topological polar surface area (TPSA) is 58.6 Å². The van der Waals surface area contributed by atoms with Crippen molar-refractivity contribution in [1.82, 2.24) is 10.2 Å². The Morgan fingerprint density at radius 2 is 2.10 bits per heavy atom. The molecule has 0 unspecified atom stereocenters. The number of carbonyl (C=O) groups excluding carboxylic acids is 2. The molecule has 1 amide bonds. The van der Waals surface area contributed by atoms with Gasteiger partial charge in [0, 0.05) is 11.6 Å². The summed E-state index contributed by atoms with van der Waals surface area (Å²) in [6.07, 6.45) is 0.718. The van der Waals surface area contributed by atoms with E-state index in [1.165, 1.54) is 7.11 Å². The molecule has 0 radical (unpaired) electrons. The number of halogens is 1. The molecule has 1 rings (SSSR count). The number of ether oxygens (including phenoxy) is 1. The standard InChI is InChI=1S/C15H21ClN2O3/c1-3-18(11-15(20)21-2)10-14(19)17-8-7-12-5-4-6-13(16)9-12/h4-6,9H,3,7-8,10-11H2,1-2H3,(H,17,19). The van der Waals surface area contributed by atoms with Crippen molar-refractivity contribution in [1.29, 1.82) is 0 Å². The van der Waals surface area contributed by atoms with Gasteiger partial charge in [-0.25, -0.2) is 0 Å². The first kappa shape index (κ1) is 17.5. The first-order valence-corrected chi connectivity index (χ1v) is 7.23. The van der Waals surface area contributed by atoms with Gasteiger partial charge in [0.2, 0.25) is 5.91 Å². The summed E-state index contributed by atoms with van der Waals surface area (Å²) in [5.41, 5.74) is 1.07. The van der Waals surface area contributed by atoms with E-state index in [4.69, 9.17) is 11.6 Å². The lowest BCUT2D eigenvalue weighted by Crippen LogP contribution is -2.40. The summed E-state index contributed by atoms with van der Waals surface area (Å²) in [7, 11) is 1.33. The number of hydrogen-bond acceptors (Lipinski definition) is 4. The fraction of sp³-hybridized carbons (Fsp3) is 0.467. The molecule has 116 valence electrons. The van der Waals surface area contributed by atoms with E-state index in [9.17, 15) is 9.59 Å². The zero-order valence-electron chi connectivity index (χ0n) is 12.4. The van der Waals surface area contributed by atoms with Crippen LogP contribution < -0.4 is 5.32 Å². The number of carbonyl (C=O) groups is 2. The van der Waals surface area contributed by atoms with Gasteiger partial charge in [0.15, 0.2) is 0 Å². The van der Waals surface area contributed by atoms with Crippen LogP contribution in [0.1, 0.15) is 12.5 Å². The SMILES string of the molecule is CCN(CC(=O)NCCc1cccc(Cl)c1)CC(=O)OC. The van der Waals surface area contributed by atoms with Crippen molar-refractivity contribution < 1.29 is 14.3 Å². The monoisotopic (exact) mass is 312 g/mol. The maximum atomic E-state index is 11.8. The smallest absolute Gasteiger partial charge is 0.319 e. The zero-order valence-corrected chi connectivity index (χ0v) is 13.2. The molecule has 0 aliphatic heterocycles. The quantitative estimate of drug-likeness (QED) is 0.739. The summed E-state index contributed by atoms with van der Waals surface area (Å²) in [5, 5.41) is 3.52. The van der Waals surface area contributed by atoms with E-state index in [1.54, 1.807) is 4.90 Å². The minimum Gasteiger partial charge on any atom is -0.468 e. The third-order valence-electron chi connectivity index (χ3n) is 3.02. The predicted molar refractivity (Wildman–Crippen MR) is 82.3 cm³/mol. The Bertz CT molecular complexity index is 480. The van der Waals surface area contributed by atoms with Crippen molar-refractivity contribution in [3.63, 3.8) is 0 Å². The number of methoxy groups -OCH3 is 1. The van der Waals surface area contributed by atoms with E-state index >= 15 is 0 Å². The van der Waals surface area contributed by atoms with E-state index in [0.29, 0.717) is 18.1 Å². The van der Waals surface area contributed by atoms with Crippen LogP contribution in [0.4, 0.5) is 0 Å². The molecule has 0 saturated carbocycles. The summed E-state index contributed by atoms with van der Waals surface area (Å²) in [6, 6.07) is 7.54. The molecule has 0 saturated heterocycles. The lowest BCUT2D eigenvalue weighted by Gasteiger charge is -2.18. The van der Waals surface area contributed by atoms with E-state index in [2.05, 4.69) is 10.1 Å². The van der Waals surface area contributed by atoms with Crippen LogP contribution in [0, 0.1) is 0 Å². The van der Waals surface area contributed by atoms with E-state index in [0.717, 1.165) is 12.0 Å². The van der Waals surface area contributed by atoms with Crippen molar-refractivity contribution in [3.05, 3.63) is 34.9 Å². The summed E-state index contributed by atoms with van der Waals surface area (Å²) >= 11 is 5.90. The molecule has 0 aromatic heterocycles. The molecule has 21 heavy (non-hydrogen) atoms. The number of likely N-dealkylation sites (N-methyl/N-ethyl adjacent to an activating group) is 1. The Morgan fingerprint density at radius 3 is 2.71 bits per heavy atom. The minimum atomic E-state index is -0.344. The first-order valence-electron chi connectivity index (χ1n) is 6.85. The molecule has 1 aromatic rings. The number of esters is 1. The molecule has 0 atom stereocenters. The Hall–Kier alpha value is -1.59. The number of nitrogens with one attached hydrogen (secondary N) is 1. The van der Waals surface area contributed by atoms with Crippen molar-refractivity contribution in [2.75, 3.05) is 33.3 Å². The molecule has 0 bridgehead atoms. The van der Waals surface area contributed by atoms with Gasteiger partial charge in [-0.1, -0.05) is 30.7 Å². The maximum absolute atomic E-state index is 11.8. The van der Waals surface area contributed by atoms with Gasteiger partial charge in [-0.3, -0.25) is 14.5 Å². The Labute approximate surface area is 130 Å². The molecule has 0 aliphatic carbocycles. The van der Waals surface area contributed by atoms with Gasteiger partial charge in [0.1, 0.15) is 0 Å². The molecule has 5 nitrogen and oxygen atoms in total. The van der Waals surface area contributed by atoms with Crippen molar-refractivity contribution in [2.24, 2.45) is 0 Å². The van der Waals surface area contributed by atoms with Gasteiger partial charge in [-0.05, 0) is 30.7 Å². The normalized spacial score (nSPS) is 10.5. The second-order valence-electron chi connectivity index (χ2n) is 4.61. The van der Waals surface area contributed by atoms with Gasteiger partial charge in [0.05, 0.1) is 20.2 Å². The van der Waals surface area contributed by atoms with Crippen LogP contribution in [0.3, 0.4) is 0 Å². The highest BCUT2D eigenvalue weighted by Gasteiger charge is 2.12. The molecule has 0 spiro atoms. The molecule has 1 N–H and O–H groups in total. The van der Waals surface area contributed by atoms with Gasteiger partial charge < -0.3 is 10.1 Å². The van der Waals surface area contributed by atoms with Crippen LogP contribution in [0.5, 0.6) is 0 Å². The molecule has 0 fully saturated rings. The van der Waals surface area contributed by atoms with E-state index in [1.807, 2.05) is 31.2 Å². The van der Waals surface area contributed by atoms with Crippen LogP contribution in [-0.4, -0.2) is 50.1 Å². The van der Waals surface area contributed by atoms with Crippen molar-refractivity contribution >= 4 is 23.5 Å². The highest BCUT2D eigenvalue weighted by atomic mass is 35.5. The lowest BCUT2D eigenvalue weighted by molar-refractivity contribution is -0.142. The third kappa shape index (κ3) is 7.11. The summed E-state index contributed by atoms with van der Waals surface area (Å²) in [6.45, 7) is 3.34. The molecular formula is C15H21ClN2O3. The summed E-state index contributed by atoms with van der Waals surface area (Å²) in [5.74, 6) is -0.452. The molecule has 1 aromatic carbocycles. The first-order chi connectivity index (χ1) is 10.0. The average Bonchev–Trinajstić information content (AvgIpc) is 2.46. The fourth-order valence-electron chi connectivity index (χ4n) is 1.82. The second-order valence-corrected chi connectivity index (χ2v) is 5.05. The third-order valence-corrected chi connectivity index (χ3v) is 3.25. The predicted octanol–water partition coefficient (Wildman–Crippen LogP) is 1.49. The van der Waals surface area contributed by atoms with Gasteiger partial charge in [0.25, 0.3) is 0 Å². The summed E-state index contributed by atoms with van der Waals surface area (Å²) < 4.78 is 4.59. The van der Waals surface area contributed by atoms with Crippen LogP contribution in [0.15, 0.2) is 24.3 Å².